The number of rotatable bonds is 2. The number of aromatic nitrogens is 4. The van der Waals surface area contributed by atoms with Gasteiger partial charge in [-0.05, 0) is 0 Å². The van der Waals surface area contributed by atoms with Crippen molar-refractivity contribution in [2.45, 2.75) is 24.5 Å². The molecule has 10 heteroatoms. The first-order valence-corrected chi connectivity index (χ1v) is 5.82. The predicted molar refractivity (Wildman–Crippen MR) is 60.7 cm³/mol. The van der Waals surface area contributed by atoms with Crippen molar-refractivity contribution in [1.82, 2.24) is 19.5 Å². The van der Waals surface area contributed by atoms with Crippen LogP contribution in [0.1, 0.15) is 6.23 Å². The van der Waals surface area contributed by atoms with Crippen LogP contribution in [0.5, 0.6) is 0 Å². The van der Waals surface area contributed by atoms with Crippen LogP contribution in [0.2, 0.25) is 0 Å². The molecule has 3 heterocycles. The van der Waals surface area contributed by atoms with Crippen LogP contribution in [0, 0.1) is 11.5 Å². The SMILES string of the molecule is N=c1nc(F)n(C2O[C@H](CO)[C@@H](O)[C@@H]2O)c2nc[nH]c12. The number of fused-ring (bicyclic) bond motifs is 1. The van der Waals surface area contributed by atoms with Gasteiger partial charge in [0.15, 0.2) is 17.4 Å². The van der Waals surface area contributed by atoms with Gasteiger partial charge in [0.25, 0.3) is 6.08 Å². The fourth-order valence-corrected chi connectivity index (χ4v) is 2.25. The van der Waals surface area contributed by atoms with Gasteiger partial charge in [-0.15, -0.1) is 0 Å². The van der Waals surface area contributed by atoms with E-state index in [0.717, 1.165) is 4.57 Å². The molecule has 4 atom stereocenters. The molecular formula is C10H12FN5O4. The molecule has 5 N–H and O–H groups in total. The molecule has 2 aromatic heterocycles. The average molecular weight is 285 g/mol. The Morgan fingerprint density at radius 2 is 2.20 bits per heavy atom. The fraction of sp³-hybridized carbons (Fsp3) is 0.500. The Bertz CT molecular complexity index is 701. The summed E-state index contributed by atoms with van der Waals surface area (Å²) in [6.07, 6.45) is -4.97. The Kier molecular flexibility index (Phi) is 3.01. The maximum absolute atomic E-state index is 14.0. The quantitative estimate of drug-likeness (QED) is 0.404. The molecule has 0 aromatic carbocycles. The molecule has 0 spiro atoms. The number of nitrogens with zero attached hydrogens (tertiary/aromatic N) is 3. The Hall–Kier alpha value is -1.88. The highest BCUT2D eigenvalue weighted by Crippen LogP contribution is 2.31. The topological polar surface area (TPSA) is 140 Å². The minimum absolute atomic E-state index is 0.0253. The number of halogens is 1. The zero-order valence-corrected chi connectivity index (χ0v) is 10.1. The third-order valence-corrected chi connectivity index (χ3v) is 3.26. The van der Waals surface area contributed by atoms with E-state index in [2.05, 4.69) is 15.0 Å². The number of ether oxygens (including phenoxy) is 1. The second-order valence-corrected chi connectivity index (χ2v) is 4.43. The third-order valence-electron chi connectivity index (χ3n) is 3.26. The minimum Gasteiger partial charge on any atom is -0.394 e. The molecule has 0 radical (unpaired) electrons. The molecule has 1 fully saturated rings. The van der Waals surface area contributed by atoms with Gasteiger partial charge < -0.3 is 25.0 Å². The first-order chi connectivity index (χ1) is 9.54. The molecule has 1 saturated heterocycles. The van der Waals surface area contributed by atoms with E-state index >= 15 is 0 Å². The van der Waals surface area contributed by atoms with E-state index < -0.39 is 37.2 Å². The van der Waals surface area contributed by atoms with Gasteiger partial charge in [-0.1, -0.05) is 0 Å². The summed E-state index contributed by atoms with van der Waals surface area (Å²) in [5.41, 5.74) is -0.139. The second-order valence-electron chi connectivity index (χ2n) is 4.43. The van der Waals surface area contributed by atoms with E-state index in [1.807, 2.05) is 0 Å². The Morgan fingerprint density at radius 1 is 1.45 bits per heavy atom. The summed E-state index contributed by atoms with van der Waals surface area (Å²) in [5, 5.41) is 36.2. The maximum atomic E-state index is 14.0. The van der Waals surface area contributed by atoms with Gasteiger partial charge in [-0.2, -0.15) is 9.37 Å². The lowest BCUT2D eigenvalue weighted by Gasteiger charge is -2.19. The van der Waals surface area contributed by atoms with Gasteiger partial charge in [0.1, 0.15) is 23.8 Å². The first-order valence-electron chi connectivity index (χ1n) is 5.82. The number of aliphatic hydroxyl groups excluding tert-OH is 3. The molecule has 1 aliphatic heterocycles. The van der Waals surface area contributed by atoms with Gasteiger partial charge in [0.05, 0.1) is 12.9 Å². The summed E-state index contributed by atoms with van der Waals surface area (Å²) in [7, 11) is 0. The van der Waals surface area contributed by atoms with Gasteiger partial charge in [-0.3, -0.25) is 9.98 Å². The minimum atomic E-state index is -1.45. The molecule has 2 aromatic rings. The van der Waals surface area contributed by atoms with Crippen molar-refractivity contribution in [3.8, 4) is 0 Å². The van der Waals surface area contributed by atoms with Crippen LogP contribution < -0.4 is 5.49 Å². The molecule has 1 unspecified atom stereocenters. The molecule has 9 nitrogen and oxygen atoms in total. The number of aromatic amines is 1. The van der Waals surface area contributed by atoms with Crippen LogP contribution in [0.25, 0.3) is 11.2 Å². The lowest BCUT2D eigenvalue weighted by Crippen LogP contribution is -2.34. The van der Waals surface area contributed by atoms with Crippen LogP contribution >= 0.6 is 0 Å². The molecule has 108 valence electrons. The molecule has 20 heavy (non-hydrogen) atoms. The number of nitrogens with one attached hydrogen (secondary N) is 2. The van der Waals surface area contributed by atoms with Crippen LogP contribution in [-0.2, 0) is 4.74 Å². The van der Waals surface area contributed by atoms with E-state index in [1.165, 1.54) is 6.33 Å². The summed E-state index contributed by atoms with van der Waals surface area (Å²) in [6, 6.07) is 0. The van der Waals surface area contributed by atoms with Crippen molar-refractivity contribution >= 4 is 11.2 Å². The number of hydrogen-bond acceptors (Lipinski definition) is 7. The number of hydrogen-bond donors (Lipinski definition) is 5. The fourth-order valence-electron chi connectivity index (χ4n) is 2.25. The van der Waals surface area contributed by atoms with Gasteiger partial charge >= 0.3 is 0 Å². The van der Waals surface area contributed by atoms with Crippen molar-refractivity contribution in [2.24, 2.45) is 0 Å². The smallest absolute Gasteiger partial charge is 0.295 e. The Morgan fingerprint density at radius 3 is 2.85 bits per heavy atom. The van der Waals surface area contributed by atoms with Crippen molar-refractivity contribution in [2.75, 3.05) is 6.61 Å². The van der Waals surface area contributed by atoms with E-state index in [9.17, 15) is 14.6 Å². The highest BCUT2D eigenvalue weighted by Gasteiger charge is 2.44. The lowest BCUT2D eigenvalue weighted by molar-refractivity contribution is -0.0565. The molecular weight excluding hydrogens is 273 g/mol. The summed E-state index contributed by atoms with van der Waals surface area (Å²) in [5.74, 6) is 0. The summed E-state index contributed by atoms with van der Waals surface area (Å²) >= 11 is 0. The van der Waals surface area contributed by atoms with E-state index in [-0.39, 0.29) is 16.7 Å². The average Bonchev–Trinajstić information content (AvgIpc) is 2.99. The van der Waals surface area contributed by atoms with Crippen molar-refractivity contribution < 1.29 is 24.4 Å². The van der Waals surface area contributed by atoms with Gasteiger partial charge in [0.2, 0.25) is 0 Å². The molecule has 3 rings (SSSR count). The van der Waals surface area contributed by atoms with Crippen molar-refractivity contribution in [1.29, 1.82) is 5.41 Å². The summed E-state index contributed by atoms with van der Waals surface area (Å²) in [4.78, 5) is 9.89. The van der Waals surface area contributed by atoms with Gasteiger partial charge in [0, 0.05) is 0 Å². The third kappa shape index (κ3) is 1.73. The van der Waals surface area contributed by atoms with Crippen LogP contribution in [0.4, 0.5) is 4.39 Å². The monoisotopic (exact) mass is 285 g/mol. The largest absolute Gasteiger partial charge is 0.394 e. The van der Waals surface area contributed by atoms with Crippen LogP contribution in [0.3, 0.4) is 0 Å². The number of H-pyrrole nitrogens is 1. The van der Waals surface area contributed by atoms with E-state index in [4.69, 9.17) is 15.3 Å². The number of aliphatic hydroxyl groups is 3. The Labute approximate surface area is 110 Å². The highest BCUT2D eigenvalue weighted by atomic mass is 19.1. The predicted octanol–water partition coefficient (Wildman–Crippen LogP) is -2.01. The summed E-state index contributed by atoms with van der Waals surface area (Å²) in [6.45, 7) is -0.523. The molecule has 1 aliphatic rings. The molecule has 0 amide bonds. The Balaban J connectivity index is 2.16. The molecule has 0 saturated carbocycles. The maximum Gasteiger partial charge on any atom is 0.295 e. The van der Waals surface area contributed by atoms with Gasteiger partial charge in [-0.25, -0.2) is 4.98 Å². The van der Waals surface area contributed by atoms with Crippen LogP contribution in [0.15, 0.2) is 6.33 Å². The molecule has 0 aliphatic carbocycles. The number of imidazole rings is 1. The lowest BCUT2D eigenvalue weighted by atomic mass is 10.1. The van der Waals surface area contributed by atoms with Crippen molar-refractivity contribution in [3.63, 3.8) is 0 Å². The molecule has 0 bridgehead atoms. The summed E-state index contributed by atoms with van der Waals surface area (Å²) < 4.78 is 20.1. The highest BCUT2D eigenvalue weighted by molar-refractivity contribution is 5.68. The van der Waals surface area contributed by atoms with Crippen LogP contribution in [-0.4, -0.2) is 59.8 Å². The first kappa shape index (κ1) is 13.1. The van der Waals surface area contributed by atoms with Crippen molar-refractivity contribution in [3.05, 3.63) is 17.9 Å². The zero-order valence-electron chi connectivity index (χ0n) is 10.1. The normalized spacial score (nSPS) is 30.2. The van der Waals surface area contributed by atoms with E-state index in [0.29, 0.717) is 0 Å². The van der Waals surface area contributed by atoms with E-state index in [1.54, 1.807) is 0 Å². The second kappa shape index (κ2) is 4.59. The zero-order chi connectivity index (χ0) is 14.4. The standard InChI is InChI=1S/C10H12FN5O4/c11-10-15-7(12)4-8(14-2-13-4)16(10)9-6(19)5(18)3(1-17)20-9/h2-3,5-6,9,12,17-19H,1H2,(H,13,14)/t3-,5-,6+,9?/m1/s1.